The first-order valence-electron chi connectivity index (χ1n) is 10.8. The lowest BCUT2D eigenvalue weighted by atomic mass is 9.80. The van der Waals surface area contributed by atoms with Gasteiger partial charge in [-0.05, 0) is 32.4 Å². The standard InChI is InChI=1S/C24H24F3N3O6/c1-13-8-9-23(3,29-13)10-11-36-22(32)19-18(15-6-5-7-16(12-15)30(33)34)17(21(31)35-4)14(2)28-20(19)24(25,26)27/h5-9,12,18,28H,10-11H2,1-4H3. The van der Waals surface area contributed by atoms with Crippen LogP contribution in [0.25, 0.3) is 0 Å². The zero-order chi connectivity index (χ0) is 26.8. The highest BCUT2D eigenvalue weighted by Gasteiger charge is 2.47. The molecule has 2 heterocycles. The van der Waals surface area contributed by atoms with Crippen LogP contribution in [0.3, 0.4) is 0 Å². The van der Waals surface area contributed by atoms with E-state index >= 15 is 0 Å². The van der Waals surface area contributed by atoms with Gasteiger partial charge in [-0.25, -0.2) is 9.59 Å². The number of nitro groups is 1. The van der Waals surface area contributed by atoms with E-state index in [0.717, 1.165) is 25.0 Å². The summed E-state index contributed by atoms with van der Waals surface area (Å²) in [6.07, 6.45) is -1.25. The number of aliphatic imine (C=N–C) groups is 1. The number of rotatable bonds is 7. The number of dihydropyridines is 1. The molecule has 0 spiro atoms. The Morgan fingerprint density at radius 2 is 1.92 bits per heavy atom. The second-order valence-electron chi connectivity index (χ2n) is 8.56. The number of carbonyl (C=O) groups is 2. The van der Waals surface area contributed by atoms with Crippen LogP contribution in [0.4, 0.5) is 18.9 Å². The maximum Gasteiger partial charge on any atom is 0.431 e. The molecule has 0 amide bonds. The topological polar surface area (TPSA) is 120 Å². The molecule has 0 radical (unpaired) electrons. The molecule has 3 rings (SSSR count). The fourth-order valence-corrected chi connectivity index (χ4v) is 4.15. The largest absolute Gasteiger partial charge is 0.466 e. The molecule has 1 N–H and O–H groups in total. The average Bonchev–Trinajstić information content (AvgIpc) is 3.15. The van der Waals surface area contributed by atoms with E-state index in [2.05, 4.69) is 10.3 Å². The first-order valence-corrected chi connectivity index (χ1v) is 10.8. The van der Waals surface area contributed by atoms with Gasteiger partial charge in [-0.2, -0.15) is 13.2 Å². The van der Waals surface area contributed by atoms with Gasteiger partial charge in [0, 0.05) is 30.0 Å². The molecule has 36 heavy (non-hydrogen) atoms. The maximum atomic E-state index is 14.1. The summed E-state index contributed by atoms with van der Waals surface area (Å²) in [5, 5.41) is 13.4. The number of ether oxygens (including phenoxy) is 2. The van der Waals surface area contributed by atoms with Crippen molar-refractivity contribution >= 4 is 23.3 Å². The minimum atomic E-state index is -5.03. The third-order valence-corrected chi connectivity index (χ3v) is 5.84. The van der Waals surface area contributed by atoms with Crippen LogP contribution < -0.4 is 5.32 Å². The Labute approximate surface area is 204 Å². The highest BCUT2D eigenvalue weighted by atomic mass is 19.4. The normalized spacial score (nSPS) is 21.8. The van der Waals surface area contributed by atoms with Crippen molar-refractivity contribution in [3.8, 4) is 0 Å². The summed E-state index contributed by atoms with van der Waals surface area (Å²) in [6, 6.07) is 4.70. The molecule has 2 aliphatic rings. The van der Waals surface area contributed by atoms with Crippen LogP contribution in [-0.2, 0) is 19.1 Å². The van der Waals surface area contributed by atoms with Gasteiger partial charge in [0.15, 0.2) is 0 Å². The van der Waals surface area contributed by atoms with E-state index in [0.29, 0.717) is 0 Å². The van der Waals surface area contributed by atoms with Crippen LogP contribution in [-0.4, -0.2) is 48.0 Å². The summed E-state index contributed by atoms with van der Waals surface area (Å²) in [7, 11) is 1.03. The van der Waals surface area contributed by atoms with E-state index in [4.69, 9.17) is 9.47 Å². The van der Waals surface area contributed by atoms with Gasteiger partial charge in [-0.1, -0.05) is 18.2 Å². The molecule has 0 aromatic heterocycles. The molecule has 12 heteroatoms. The second-order valence-corrected chi connectivity index (χ2v) is 8.56. The molecule has 0 saturated carbocycles. The monoisotopic (exact) mass is 507 g/mol. The van der Waals surface area contributed by atoms with E-state index in [1.807, 2.05) is 0 Å². The Hall–Kier alpha value is -3.96. The minimum absolute atomic E-state index is 0.0786. The van der Waals surface area contributed by atoms with Crippen molar-refractivity contribution in [1.82, 2.24) is 5.32 Å². The van der Waals surface area contributed by atoms with E-state index in [-0.39, 0.29) is 29.9 Å². The lowest BCUT2D eigenvalue weighted by Gasteiger charge is -2.32. The molecule has 2 atom stereocenters. The summed E-state index contributed by atoms with van der Waals surface area (Å²) >= 11 is 0. The number of hydrogen-bond acceptors (Lipinski definition) is 8. The van der Waals surface area contributed by atoms with Crippen LogP contribution in [0.5, 0.6) is 0 Å². The number of nitro benzene ring substituents is 1. The third kappa shape index (κ3) is 5.47. The summed E-state index contributed by atoms with van der Waals surface area (Å²) in [4.78, 5) is 40.8. The highest BCUT2D eigenvalue weighted by Crippen LogP contribution is 2.44. The number of non-ortho nitro benzene ring substituents is 1. The fraction of sp³-hybridized carbons (Fsp3) is 0.375. The molecule has 2 aliphatic heterocycles. The van der Waals surface area contributed by atoms with Crippen molar-refractivity contribution in [2.75, 3.05) is 13.7 Å². The number of nitrogens with one attached hydrogen (secondary N) is 1. The lowest BCUT2D eigenvalue weighted by Crippen LogP contribution is -2.38. The van der Waals surface area contributed by atoms with E-state index < -0.39 is 51.5 Å². The van der Waals surface area contributed by atoms with Crippen LogP contribution in [0, 0.1) is 10.1 Å². The number of carbonyl (C=O) groups excluding carboxylic acids is 2. The number of halogens is 3. The summed E-state index contributed by atoms with van der Waals surface area (Å²) in [5.74, 6) is -3.96. The number of hydrogen-bond donors (Lipinski definition) is 1. The van der Waals surface area contributed by atoms with Crippen LogP contribution in [0.15, 0.2) is 64.0 Å². The van der Waals surface area contributed by atoms with Gasteiger partial charge in [0.05, 0.1) is 41.2 Å². The van der Waals surface area contributed by atoms with Crippen molar-refractivity contribution in [1.29, 1.82) is 0 Å². The SMILES string of the molecule is COC(=O)C1=C(C)NC(C(F)(F)F)=C(C(=O)OCCC2(C)C=CC(C)=N2)C1c1cccc([N+](=O)[O-])c1. The van der Waals surface area contributed by atoms with E-state index in [1.54, 1.807) is 26.0 Å². The number of allylic oxidation sites excluding steroid dienone is 3. The lowest BCUT2D eigenvalue weighted by molar-refractivity contribution is -0.384. The highest BCUT2D eigenvalue weighted by molar-refractivity contribution is 6.00. The Bertz CT molecular complexity index is 1230. The molecule has 0 saturated heterocycles. The molecular weight excluding hydrogens is 483 g/mol. The molecular formula is C24H24F3N3O6. The molecule has 0 bridgehead atoms. The van der Waals surface area contributed by atoms with Gasteiger partial charge in [0.1, 0.15) is 5.70 Å². The predicted octanol–water partition coefficient (Wildman–Crippen LogP) is 4.27. The number of nitrogens with zero attached hydrogens (tertiary/aromatic N) is 2. The number of benzene rings is 1. The first kappa shape index (κ1) is 26.6. The number of alkyl halides is 3. The first-order chi connectivity index (χ1) is 16.8. The quantitative estimate of drug-likeness (QED) is 0.333. The van der Waals surface area contributed by atoms with Crippen molar-refractivity contribution in [3.05, 3.63) is 74.6 Å². The van der Waals surface area contributed by atoms with Crippen molar-refractivity contribution in [3.63, 3.8) is 0 Å². The van der Waals surface area contributed by atoms with Crippen molar-refractivity contribution in [2.45, 2.75) is 44.8 Å². The van der Waals surface area contributed by atoms with Crippen molar-refractivity contribution in [2.24, 2.45) is 4.99 Å². The molecule has 192 valence electrons. The zero-order valence-corrected chi connectivity index (χ0v) is 19.9. The van der Waals surface area contributed by atoms with Crippen LogP contribution in [0.1, 0.15) is 38.7 Å². The molecule has 0 fully saturated rings. The third-order valence-electron chi connectivity index (χ3n) is 5.84. The fourth-order valence-electron chi connectivity index (χ4n) is 4.15. The molecule has 2 unspecified atom stereocenters. The summed E-state index contributed by atoms with van der Waals surface area (Å²) < 4.78 is 52.3. The van der Waals surface area contributed by atoms with Gasteiger partial charge in [0.25, 0.3) is 5.69 Å². The Morgan fingerprint density at radius 3 is 2.47 bits per heavy atom. The molecule has 1 aromatic rings. The van der Waals surface area contributed by atoms with E-state index in [1.165, 1.54) is 19.1 Å². The predicted molar refractivity (Wildman–Crippen MR) is 123 cm³/mol. The van der Waals surface area contributed by atoms with Crippen LogP contribution >= 0.6 is 0 Å². The summed E-state index contributed by atoms with van der Waals surface area (Å²) in [6.45, 7) is 4.53. The van der Waals surface area contributed by atoms with Crippen LogP contribution in [0.2, 0.25) is 0 Å². The Balaban J connectivity index is 2.09. The van der Waals surface area contributed by atoms with Gasteiger partial charge in [-0.15, -0.1) is 0 Å². The Morgan fingerprint density at radius 1 is 1.22 bits per heavy atom. The molecule has 1 aromatic carbocycles. The number of esters is 2. The minimum Gasteiger partial charge on any atom is -0.466 e. The smallest absolute Gasteiger partial charge is 0.431 e. The molecule has 9 nitrogen and oxygen atoms in total. The van der Waals surface area contributed by atoms with E-state index in [9.17, 15) is 32.9 Å². The van der Waals surface area contributed by atoms with Crippen molar-refractivity contribution < 1.29 is 37.2 Å². The van der Waals surface area contributed by atoms with Gasteiger partial charge >= 0.3 is 18.1 Å². The Kier molecular flexibility index (Phi) is 7.37. The molecule has 0 aliphatic carbocycles. The van der Waals surface area contributed by atoms with Gasteiger partial charge < -0.3 is 14.8 Å². The maximum absolute atomic E-state index is 14.1. The second kappa shape index (κ2) is 9.96. The average molecular weight is 507 g/mol. The summed E-state index contributed by atoms with van der Waals surface area (Å²) in [5.41, 5.74) is -3.26. The zero-order valence-electron chi connectivity index (χ0n) is 19.9. The van der Waals surface area contributed by atoms with Gasteiger partial charge in [0.2, 0.25) is 0 Å². The van der Waals surface area contributed by atoms with Gasteiger partial charge in [-0.3, -0.25) is 15.1 Å². The number of methoxy groups -OCH3 is 1.